The average Bonchev–Trinajstić information content (AvgIpc) is 2.47. The number of ether oxygens (including phenoxy) is 2. The quantitative estimate of drug-likeness (QED) is 0.677. The minimum atomic E-state index is -0.313. The number of aromatic hydroxyl groups is 1. The van der Waals surface area contributed by atoms with E-state index in [1.807, 2.05) is 0 Å². The van der Waals surface area contributed by atoms with Crippen LogP contribution in [0.4, 0.5) is 0 Å². The Morgan fingerprint density at radius 2 is 2.50 bits per heavy atom. The van der Waals surface area contributed by atoms with Gasteiger partial charge in [-0.15, -0.1) is 0 Å². The van der Waals surface area contributed by atoms with Gasteiger partial charge in [-0.05, 0) is 0 Å². The zero-order valence-electron chi connectivity index (χ0n) is 6.19. The van der Waals surface area contributed by atoms with Crippen molar-refractivity contribution in [1.29, 1.82) is 0 Å². The van der Waals surface area contributed by atoms with E-state index in [9.17, 15) is 5.11 Å². The van der Waals surface area contributed by atoms with E-state index in [1.165, 1.54) is 0 Å². The Balaban J connectivity index is 2.24. The molecule has 0 bridgehead atoms. The van der Waals surface area contributed by atoms with E-state index in [0.29, 0.717) is 11.5 Å². The number of hydrogen-bond donors (Lipinski definition) is 2. The van der Waals surface area contributed by atoms with Gasteiger partial charge in [0.1, 0.15) is 6.61 Å². The smallest absolute Gasteiger partial charge is 0.218 e. The number of fused-ring (bicyclic) bond motifs is 1. The second-order valence-electron chi connectivity index (χ2n) is 2.47. The summed E-state index contributed by atoms with van der Waals surface area (Å²) in [5, 5.41) is 19.8. The van der Waals surface area contributed by atoms with Crippen molar-refractivity contribution in [1.82, 2.24) is 0 Å². The molecule has 0 saturated carbocycles. The molecule has 1 unspecified atom stereocenters. The fraction of sp³-hybridized carbons (Fsp3) is 0.429. The van der Waals surface area contributed by atoms with Crippen molar-refractivity contribution >= 4 is 11.3 Å². The normalized spacial score (nSPS) is 20.9. The van der Waals surface area contributed by atoms with Crippen molar-refractivity contribution in [2.45, 2.75) is 6.10 Å². The molecule has 1 atom stereocenters. The van der Waals surface area contributed by atoms with Crippen LogP contribution in [0.3, 0.4) is 0 Å². The highest BCUT2D eigenvalue weighted by Gasteiger charge is 2.24. The van der Waals surface area contributed by atoms with E-state index in [1.54, 1.807) is 5.38 Å². The van der Waals surface area contributed by atoms with E-state index in [-0.39, 0.29) is 24.4 Å². The Hall–Kier alpha value is -0.940. The molecule has 1 aromatic heterocycles. The van der Waals surface area contributed by atoms with Crippen molar-refractivity contribution in [3.63, 3.8) is 0 Å². The molecule has 12 heavy (non-hydrogen) atoms. The predicted molar refractivity (Wildman–Crippen MR) is 43.0 cm³/mol. The van der Waals surface area contributed by atoms with Crippen LogP contribution in [-0.2, 0) is 0 Å². The van der Waals surface area contributed by atoms with Crippen molar-refractivity contribution in [2.24, 2.45) is 0 Å². The Bertz CT molecular complexity index is 283. The highest BCUT2D eigenvalue weighted by molar-refractivity contribution is 7.12. The number of rotatable bonds is 1. The first kappa shape index (κ1) is 7.70. The van der Waals surface area contributed by atoms with Crippen molar-refractivity contribution in [3.8, 4) is 16.6 Å². The maximum Gasteiger partial charge on any atom is 0.218 e. The Morgan fingerprint density at radius 3 is 3.25 bits per heavy atom. The monoisotopic (exact) mass is 188 g/mol. The van der Waals surface area contributed by atoms with Gasteiger partial charge in [0.2, 0.25) is 10.8 Å². The summed E-state index contributed by atoms with van der Waals surface area (Å²) in [5.74, 6) is 0.910. The second kappa shape index (κ2) is 2.84. The zero-order valence-corrected chi connectivity index (χ0v) is 7.00. The SMILES string of the molecule is OCC1COc2c(csc2O)O1. The van der Waals surface area contributed by atoms with E-state index in [2.05, 4.69) is 0 Å². The average molecular weight is 188 g/mol. The number of aliphatic hydroxyl groups excluding tert-OH is 1. The molecule has 2 heterocycles. The molecule has 66 valence electrons. The first-order valence-corrected chi connectivity index (χ1v) is 4.40. The summed E-state index contributed by atoms with van der Waals surface area (Å²) in [6.07, 6.45) is -0.313. The lowest BCUT2D eigenvalue weighted by Crippen LogP contribution is -2.31. The van der Waals surface area contributed by atoms with Gasteiger partial charge >= 0.3 is 0 Å². The van der Waals surface area contributed by atoms with Gasteiger partial charge in [0, 0.05) is 5.38 Å². The maximum atomic E-state index is 9.21. The molecular formula is C7H8O4S. The van der Waals surface area contributed by atoms with E-state index in [0.717, 1.165) is 11.3 Å². The van der Waals surface area contributed by atoms with Crippen LogP contribution in [0.5, 0.6) is 16.6 Å². The topological polar surface area (TPSA) is 58.9 Å². The lowest BCUT2D eigenvalue weighted by molar-refractivity contribution is 0.0451. The van der Waals surface area contributed by atoms with Crippen LogP contribution in [-0.4, -0.2) is 29.5 Å². The molecule has 1 aromatic rings. The molecule has 0 radical (unpaired) electrons. The molecule has 2 N–H and O–H groups in total. The van der Waals surface area contributed by atoms with Crippen LogP contribution in [0, 0.1) is 0 Å². The molecular weight excluding hydrogens is 180 g/mol. The summed E-state index contributed by atoms with van der Waals surface area (Å²) in [7, 11) is 0. The third-order valence-corrected chi connectivity index (χ3v) is 2.35. The standard InChI is InChI=1S/C7H8O4S/c8-1-4-2-10-6-5(11-4)3-12-7(6)9/h3-4,8-9H,1-2H2. The van der Waals surface area contributed by atoms with Gasteiger partial charge in [0.05, 0.1) is 6.61 Å². The van der Waals surface area contributed by atoms with Crippen LogP contribution in [0.2, 0.25) is 0 Å². The van der Waals surface area contributed by atoms with E-state index < -0.39 is 0 Å². The van der Waals surface area contributed by atoms with Crippen LogP contribution in [0.1, 0.15) is 0 Å². The fourth-order valence-electron chi connectivity index (χ4n) is 1.02. The van der Waals surface area contributed by atoms with Gasteiger partial charge in [-0.25, -0.2) is 0 Å². The van der Waals surface area contributed by atoms with Crippen LogP contribution >= 0.6 is 11.3 Å². The van der Waals surface area contributed by atoms with Crippen molar-refractivity contribution in [2.75, 3.05) is 13.2 Å². The first-order chi connectivity index (χ1) is 5.81. The molecule has 2 rings (SSSR count). The van der Waals surface area contributed by atoms with Gasteiger partial charge in [0.25, 0.3) is 0 Å². The number of thiophene rings is 1. The lowest BCUT2D eigenvalue weighted by Gasteiger charge is -2.22. The molecule has 0 aliphatic carbocycles. The van der Waals surface area contributed by atoms with Gasteiger partial charge in [0.15, 0.2) is 11.9 Å². The summed E-state index contributed by atoms with van der Waals surface area (Å²) in [5.41, 5.74) is 0. The molecule has 0 spiro atoms. The van der Waals surface area contributed by atoms with E-state index >= 15 is 0 Å². The van der Waals surface area contributed by atoms with Crippen LogP contribution in [0.25, 0.3) is 0 Å². The molecule has 5 heteroatoms. The largest absolute Gasteiger partial charge is 0.497 e. The second-order valence-corrected chi connectivity index (χ2v) is 3.33. The molecule has 0 amide bonds. The number of hydrogen-bond acceptors (Lipinski definition) is 5. The molecule has 1 aliphatic heterocycles. The van der Waals surface area contributed by atoms with Crippen molar-refractivity contribution in [3.05, 3.63) is 5.38 Å². The number of aliphatic hydroxyl groups is 1. The summed E-state index contributed by atoms with van der Waals surface area (Å²) < 4.78 is 10.5. The van der Waals surface area contributed by atoms with Crippen molar-refractivity contribution < 1.29 is 19.7 Å². The minimum Gasteiger partial charge on any atom is -0.497 e. The highest BCUT2D eigenvalue weighted by Crippen LogP contribution is 2.45. The molecule has 0 fully saturated rings. The summed E-state index contributed by atoms with van der Waals surface area (Å²) >= 11 is 1.16. The van der Waals surface area contributed by atoms with Crippen LogP contribution in [0.15, 0.2) is 5.38 Å². The van der Waals surface area contributed by atoms with E-state index in [4.69, 9.17) is 14.6 Å². The first-order valence-electron chi connectivity index (χ1n) is 3.52. The third-order valence-electron chi connectivity index (χ3n) is 1.61. The molecule has 0 saturated heterocycles. The summed E-state index contributed by atoms with van der Waals surface area (Å²) in [6.45, 7) is 0.212. The summed E-state index contributed by atoms with van der Waals surface area (Å²) in [6, 6.07) is 0. The van der Waals surface area contributed by atoms with Gasteiger partial charge < -0.3 is 19.7 Å². The Labute approximate surface area is 73.0 Å². The zero-order chi connectivity index (χ0) is 8.55. The molecule has 4 nitrogen and oxygen atoms in total. The Morgan fingerprint density at radius 1 is 1.67 bits per heavy atom. The van der Waals surface area contributed by atoms with Gasteiger partial charge in [-0.1, -0.05) is 11.3 Å². The van der Waals surface area contributed by atoms with Gasteiger partial charge in [-0.2, -0.15) is 0 Å². The maximum absolute atomic E-state index is 9.21. The molecule has 1 aliphatic rings. The van der Waals surface area contributed by atoms with Crippen LogP contribution < -0.4 is 9.47 Å². The highest BCUT2D eigenvalue weighted by atomic mass is 32.1. The Kier molecular flexibility index (Phi) is 1.82. The molecule has 0 aromatic carbocycles. The van der Waals surface area contributed by atoms with Gasteiger partial charge in [-0.3, -0.25) is 0 Å². The minimum absolute atomic E-state index is 0.0734. The fourth-order valence-corrected chi connectivity index (χ4v) is 1.66. The summed E-state index contributed by atoms with van der Waals surface area (Å²) in [4.78, 5) is 0. The predicted octanol–water partition coefficient (Wildman–Crippen LogP) is 0.586. The lowest BCUT2D eigenvalue weighted by atomic mass is 10.3. The third kappa shape index (κ3) is 1.11.